The summed E-state index contributed by atoms with van der Waals surface area (Å²) in [6.45, 7) is 5.96. The van der Waals surface area contributed by atoms with Crippen LogP contribution in [-0.2, 0) is 4.79 Å². The molecule has 0 spiro atoms. The van der Waals surface area contributed by atoms with Gasteiger partial charge < -0.3 is 5.32 Å². The van der Waals surface area contributed by atoms with Crippen molar-refractivity contribution in [2.75, 3.05) is 0 Å². The monoisotopic (exact) mass is 169 g/mol. The van der Waals surface area contributed by atoms with Gasteiger partial charge in [-0.05, 0) is 19.3 Å². The largest absolute Gasteiger partial charge is 0.353 e. The number of rotatable bonds is 4. The van der Waals surface area contributed by atoms with Crippen molar-refractivity contribution in [3.8, 4) is 0 Å². The molecule has 2 nitrogen and oxygen atoms in total. The van der Waals surface area contributed by atoms with Crippen molar-refractivity contribution >= 4 is 5.91 Å². The second-order valence-corrected chi connectivity index (χ2v) is 4.24. The first-order valence-electron chi connectivity index (χ1n) is 4.90. The summed E-state index contributed by atoms with van der Waals surface area (Å²) in [4.78, 5) is 11.2. The maximum absolute atomic E-state index is 11.2. The number of amides is 1. The molecule has 1 N–H and O–H groups in total. The topological polar surface area (TPSA) is 29.1 Å². The zero-order chi connectivity index (χ0) is 9.14. The van der Waals surface area contributed by atoms with Gasteiger partial charge in [0.05, 0.1) is 0 Å². The number of nitrogens with one attached hydrogen (secondary N) is 1. The number of carbonyl (C=O) groups is 1. The average molecular weight is 169 g/mol. The van der Waals surface area contributed by atoms with Crippen LogP contribution in [0.2, 0.25) is 0 Å². The van der Waals surface area contributed by atoms with Crippen LogP contribution in [0.25, 0.3) is 0 Å². The zero-order valence-electron chi connectivity index (χ0n) is 8.26. The van der Waals surface area contributed by atoms with E-state index < -0.39 is 0 Å². The number of carbonyl (C=O) groups excluding carboxylic acids is 1. The molecule has 0 radical (unpaired) electrons. The smallest absolute Gasteiger partial charge is 0.222 e. The van der Waals surface area contributed by atoms with Gasteiger partial charge in [-0.25, -0.2) is 0 Å². The van der Waals surface area contributed by atoms with Gasteiger partial charge >= 0.3 is 0 Å². The highest BCUT2D eigenvalue weighted by molar-refractivity contribution is 5.78. The summed E-state index contributed by atoms with van der Waals surface area (Å²) >= 11 is 0. The van der Waals surface area contributed by atoms with Gasteiger partial charge in [-0.15, -0.1) is 0 Å². The van der Waals surface area contributed by atoms with Crippen molar-refractivity contribution in [3.63, 3.8) is 0 Å². The van der Waals surface area contributed by atoms with Gasteiger partial charge in [0.2, 0.25) is 5.91 Å². The second kappa shape index (κ2) is 3.92. The Labute approximate surface area is 74.7 Å². The van der Waals surface area contributed by atoms with Crippen molar-refractivity contribution in [2.45, 2.75) is 46.1 Å². The van der Waals surface area contributed by atoms with Crippen LogP contribution in [0.5, 0.6) is 0 Å². The first-order valence-corrected chi connectivity index (χ1v) is 4.90. The summed E-state index contributed by atoms with van der Waals surface area (Å²) in [5.74, 6) is 1.20. The van der Waals surface area contributed by atoms with Crippen LogP contribution in [0.4, 0.5) is 0 Å². The molecule has 1 unspecified atom stereocenters. The molecule has 1 atom stereocenters. The lowest BCUT2D eigenvalue weighted by molar-refractivity contribution is -0.124. The van der Waals surface area contributed by atoms with Crippen molar-refractivity contribution in [1.29, 1.82) is 0 Å². The van der Waals surface area contributed by atoms with E-state index in [0.717, 1.165) is 5.92 Å². The molecule has 0 aliphatic heterocycles. The zero-order valence-corrected chi connectivity index (χ0v) is 8.26. The molecule has 2 heteroatoms. The number of hydrogen-bond donors (Lipinski definition) is 1. The van der Waals surface area contributed by atoms with Gasteiger partial charge in [-0.1, -0.05) is 26.7 Å². The molecule has 0 saturated heterocycles. The molecular formula is C10H19NO. The van der Waals surface area contributed by atoms with E-state index in [1.165, 1.54) is 19.3 Å². The van der Waals surface area contributed by atoms with E-state index in [1.807, 2.05) is 13.8 Å². The predicted molar refractivity (Wildman–Crippen MR) is 49.8 cm³/mol. The third-order valence-corrected chi connectivity index (χ3v) is 2.30. The summed E-state index contributed by atoms with van der Waals surface area (Å²) in [6, 6.07) is 0.368. The SMILES string of the molecule is CC(CC1CC1)NC(=O)C(C)C. The van der Waals surface area contributed by atoms with Gasteiger partial charge in [0.1, 0.15) is 0 Å². The summed E-state index contributed by atoms with van der Waals surface area (Å²) < 4.78 is 0. The van der Waals surface area contributed by atoms with Gasteiger partial charge in [-0.3, -0.25) is 4.79 Å². The molecule has 12 heavy (non-hydrogen) atoms. The second-order valence-electron chi connectivity index (χ2n) is 4.24. The minimum Gasteiger partial charge on any atom is -0.353 e. The Balaban J connectivity index is 2.15. The molecule has 1 rings (SSSR count). The molecule has 1 aliphatic rings. The Hall–Kier alpha value is -0.530. The number of hydrogen-bond acceptors (Lipinski definition) is 1. The molecule has 0 bridgehead atoms. The Morgan fingerprint density at radius 2 is 2.00 bits per heavy atom. The van der Waals surface area contributed by atoms with Crippen LogP contribution in [0.15, 0.2) is 0 Å². The molecule has 0 heterocycles. The third-order valence-electron chi connectivity index (χ3n) is 2.30. The van der Waals surface area contributed by atoms with Crippen LogP contribution >= 0.6 is 0 Å². The third kappa shape index (κ3) is 3.24. The van der Waals surface area contributed by atoms with Gasteiger partial charge in [-0.2, -0.15) is 0 Å². The Morgan fingerprint density at radius 3 is 2.42 bits per heavy atom. The molecule has 0 aromatic heterocycles. The Kier molecular flexibility index (Phi) is 3.12. The van der Waals surface area contributed by atoms with E-state index in [-0.39, 0.29) is 11.8 Å². The fourth-order valence-electron chi connectivity index (χ4n) is 1.32. The van der Waals surface area contributed by atoms with Gasteiger partial charge in [0.15, 0.2) is 0 Å². The highest BCUT2D eigenvalue weighted by atomic mass is 16.1. The van der Waals surface area contributed by atoms with Crippen LogP contribution in [-0.4, -0.2) is 11.9 Å². The van der Waals surface area contributed by atoms with Crippen molar-refractivity contribution in [2.24, 2.45) is 11.8 Å². The fourth-order valence-corrected chi connectivity index (χ4v) is 1.32. The predicted octanol–water partition coefficient (Wildman–Crippen LogP) is 1.95. The van der Waals surface area contributed by atoms with E-state index in [0.29, 0.717) is 6.04 Å². The molecule has 1 amide bonds. The maximum atomic E-state index is 11.2. The minimum atomic E-state index is 0.117. The Morgan fingerprint density at radius 1 is 1.42 bits per heavy atom. The summed E-state index contributed by atoms with van der Waals surface area (Å²) in [5.41, 5.74) is 0. The summed E-state index contributed by atoms with van der Waals surface area (Å²) in [6.07, 6.45) is 3.89. The highest BCUT2D eigenvalue weighted by Crippen LogP contribution is 2.33. The molecule has 1 fully saturated rings. The van der Waals surface area contributed by atoms with Crippen molar-refractivity contribution in [1.82, 2.24) is 5.32 Å². The molecule has 70 valence electrons. The standard InChI is InChI=1S/C10H19NO/c1-7(2)10(12)11-8(3)6-9-4-5-9/h7-9H,4-6H2,1-3H3,(H,11,12). The lowest BCUT2D eigenvalue weighted by atomic mass is 10.1. The Bertz CT molecular complexity index is 161. The molecule has 0 aromatic carbocycles. The molecule has 1 aliphatic carbocycles. The van der Waals surface area contributed by atoms with E-state index in [4.69, 9.17) is 0 Å². The van der Waals surface area contributed by atoms with E-state index in [1.54, 1.807) is 0 Å². The van der Waals surface area contributed by atoms with Crippen LogP contribution in [0.3, 0.4) is 0 Å². The maximum Gasteiger partial charge on any atom is 0.222 e. The average Bonchev–Trinajstić information content (AvgIpc) is 2.71. The van der Waals surface area contributed by atoms with Crippen molar-refractivity contribution in [3.05, 3.63) is 0 Å². The first kappa shape index (κ1) is 9.56. The minimum absolute atomic E-state index is 0.117. The fraction of sp³-hybridized carbons (Fsp3) is 0.900. The first-order chi connectivity index (χ1) is 5.59. The van der Waals surface area contributed by atoms with E-state index in [2.05, 4.69) is 12.2 Å². The van der Waals surface area contributed by atoms with Gasteiger partial charge in [0.25, 0.3) is 0 Å². The van der Waals surface area contributed by atoms with Crippen LogP contribution in [0, 0.1) is 11.8 Å². The van der Waals surface area contributed by atoms with E-state index in [9.17, 15) is 4.79 Å². The lowest BCUT2D eigenvalue weighted by Gasteiger charge is -2.14. The summed E-state index contributed by atoms with van der Waals surface area (Å²) in [5, 5.41) is 3.01. The molecule has 1 saturated carbocycles. The van der Waals surface area contributed by atoms with Crippen molar-refractivity contribution < 1.29 is 4.79 Å². The highest BCUT2D eigenvalue weighted by Gasteiger charge is 2.24. The van der Waals surface area contributed by atoms with E-state index >= 15 is 0 Å². The van der Waals surface area contributed by atoms with Crippen LogP contribution in [0.1, 0.15) is 40.0 Å². The van der Waals surface area contributed by atoms with Gasteiger partial charge in [0, 0.05) is 12.0 Å². The molecule has 0 aromatic rings. The molecular weight excluding hydrogens is 150 g/mol. The quantitative estimate of drug-likeness (QED) is 0.684. The normalized spacial score (nSPS) is 19.3. The summed E-state index contributed by atoms with van der Waals surface area (Å²) in [7, 11) is 0. The lowest BCUT2D eigenvalue weighted by Crippen LogP contribution is -2.35. The van der Waals surface area contributed by atoms with Crippen LogP contribution < -0.4 is 5.32 Å².